The predicted octanol–water partition coefficient (Wildman–Crippen LogP) is 4.98. The highest BCUT2D eigenvalue weighted by Gasteiger charge is 2.14. The molecule has 3 aromatic rings. The fourth-order valence-electron chi connectivity index (χ4n) is 2.68. The van der Waals surface area contributed by atoms with E-state index in [0.717, 1.165) is 30.0 Å². The summed E-state index contributed by atoms with van der Waals surface area (Å²) < 4.78 is 27.8. The molecular weight excluding hydrogens is 318 g/mol. The van der Waals surface area contributed by atoms with Crippen LogP contribution in [0, 0.1) is 0 Å². The first-order valence-corrected chi connectivity index (χ1v) is 9.67. The van der Waals surface area contributed by atoms with Crippen molar-refractivity contribution in [1.29, 1.82) is 0 Å². The molecule has 4 heteroatoms. The van der Waals surface area contributed by atoms with Crippen molar-refractivity contribution < 1.29 is 8.42 Å². The number of aryl methyl sites for hydroxylation is 1. The Morgan fingerprint density at radius 1 is 0.875 bits per heavy atom. The van der Waals surface area contributed by atoms with Gasteiger partial charge in [-0.25, -0.2) is 8.42 Å². The highest BCUT2D eigenvalue weighted by Crippen LogP contribution is 2.22. The van der Waals surface area contributed by atoms with Crippen LogP contribution in [-0.2, 0) is 16.4 Å². The number of unbranched alkanes of at least 4 members (excludes halogenated alkanes) is 1. The highest BCUT2D eigenvalue weighted by molar-refractivity contribution is 7.92. The fraction of sp³-hybridized carbons (Fsp3) is 0.200. The number of anilines is 1. The van der Waals surface area contributed by atoms with Crippen LogP contribution in [-0.4, -0.2) is 8.42 Å². The quantitative estimate of drug-likeness (QED) is 0.688. The molecule has 124 valence electrons. The Labute approximate surface area is 143 Å². The third-order valence-corrected chi connectivity index (χ3v) is 5.45. The van der Waals surface area contributed by atoms with E-state index < -0.39 is 10.0 Å². The Bertz CT molecular complexity index is 931. The molecule has 0 aliphatic rings. The molecule has 1 N–H and O–H groups in total. The molecule has 0 unspecified atom stereocenters. The minimum absolute atomic E-state index is 0.288. The molecule has 3 aromatic carbocycles. The van der Waals surface area contributed by atoms with Gasteiger partial charge in [-0.2, -0.15) is 0 Å². The van der Waals surface area contributed by atoms with E-state index in [9.17, 15) is 8.42 Å². The number of nitrogens with one attached hydrogen (secondary N) is 1. The van der Waals surface area contributed by atoms with Crippen LogP contribution < -0.4 is 4.72 Å². The van der Waals surface area contributed by atoms with Gasteiger partial charge in [0.05, 0.1) is 4.90 Å². The van der Waals surface area contributed by atoms with Gasteiger partial charge in [0.2, 0.25) is 0 Å². The van der Waals surface area contributed by atoms with Crippen LogP contribution in [0.15, 0.2) is 71.6 Å². The summed E-state index contributed by atoms with van der Waals surface area (Å²) in [5, 5.41) is 2.09. The molecule has 0 fully saturated rings. The van der Waals surface area contributed by atoms with E-state index in [1.807, 2.05) is 48.5 Å². The molecule has 0 radical (unpaired) electrons. The number of benzene rings is 3. The summed E-state index contributed by atoms with van der Waals surface area (Å²) >= 11 is 0. The smallest absolute Gasteiger partial charge is 0.261 e. The second-order valence-electron chi connectivity index (χ2n) is 5.91. The van der Waals surface area contributed by atoms with Crippen molar-refractivity contribution in [3.63, 3.8) is 0 Å². The summed E-state index contributed by atoms with van der Waals surface area (Å²) in [6.45, 7) is 2.15. The van der Waals surface area contributed by atoms with Gasteiger partial charge in [-0.15, -0.1) is 0 Å². The van der Waals surface area contributed by atoms with Gasteiger partial charge < -0.3 is 0 Å². The molecule has 0 heterocycles. The summed E-state index contributed by atoms with van der Waals surface area (Å²) in [5.74, 6) is 0. The van der Waals surface area contributed by atoms with Crippen molar-refractivity contribution in [2.75, 3.05) is 4.72 Å². The molecule has 0 atom stereocenters. The van der Waals surface area contributed by atoms with Crippen molar-refractivity contribution in [3.8, 4) is 0 Å². The van der Waals surface area contributed by atoms with Crippen molar-refractivity contribution in [3.05, 3.63) is 72.3 Å². The molecule has 3 rings (SSSR count). The Kier molecular flexibility index (Phi) is 4.86. The zero-order chi connectivity index (χ0) is 17.0. The molecule has 0 saturated carbocycles. The molecule has 0 aliphatic heterocycles. The fourth-order valence-corrected chi connectivity index (χ4v) is 3.73. The molecule has 24 heavy (non-hydrogen) atoms. The molecule has 0 aliphatic carbocycles. The number of rotatable bonds is 6. The Hall–Kier alpha value is -2.33. The van der Waals surface area contributed by atoms with Gasteiger partial charge in [-0.05, 0) is 53.4 Å². The summed E-state index contributed by atoms with van der Waals surface area (Å²) in [4.78, 5) is 0.288. The monoisotopic (exact) mass is 339 g/mol. The van der Waals surface area contributed by atoms with Gasteiger partial charge in [0.15, 0.2) is 0 Å². The summed E-state index contributed by atoms with van der Waals surface area (Å²) in [6, 6.07) is 20.6. The lowest BCUT2D eigenvalue weighted by Gasteiger charge is -2.10. The van der Waals surface area contributed by atoms with E-state index in [2.05, 4.69) is 11.6 Å². The second-order valence-corrected chi connectivity index (χ2v) is 7.60. The van der Waals surface area contributed by atoms with E-state index >= 15 is 0 Å². The maximum atomic E-state index is 12.6. The van der Waals surface area contributed by atoms with Gasteiger partial charge >= 0.3 is 0 Å². The average molecular weight is 339 g/mol. The van der Waals surface area contributed by atoms with Crippen molar-refractivity contribution in [2.24, 2.45) is 0 Å². The summed E-state index contributed by atoms with van der Waals surface area (Å²) in [7, 11) is -3.57. The van der Waals surface area contributed by atoms with Crippen molar-refractivity contribution >= 4 is 26.5 Å². The maximum Gasteiger partial charge on any atom is 0.261 e. The third-order valence-electron chi connectivity index (χ3n) is 4.05. The minimum Gasteiger partial charge on any atom is -0.280 e. The van der Waals surface area contributed by atoms with Crippen LogP contribution in [0.5, 0.6) is 0 Å². The van der Waals surface area contributed by atoms with Crippen LogP contribution in [0.3, 0.4) is 0 Å². The van der Waals surface area contributed by atoms with E-state index in [1.54, 1.807) is 18.2 Å². The number of hydrogen-bond donors (Lipinski definition) is 1. The third kappa shape index (κ3) is 3.77. The summed E-state index contributed by atoms with van der Waals surface area (Å²) in [6.07, 6.45) is 3.22. The van der Waals surface area contributed by atoms with Crippen LogP contribution in [0.25, 0.3) is 10.8 Å². The normalized spacial score (nSPS) is 11.5. The Morgan fingerprint density at radius 2 is 1.58 bits per heavy atom. The molecule has 0 amide bonds. The van der Waals surface area contributed by atoms with E-state index in [4.69, 9.17) is 0 Å². The lowest BCUT2D eigenvalue weighted by Crippen LogP contribution is -2.12. The average Bonchev–Trinajstić information content (AvgIpc) is 2.60. The van der Waals surface area contributed by atoms with Crippen molar-refractivity contribution in [1.82, 2.24) is 0 Å². The standard InChI is InChI=1S/C20H21NO2S/c1-2-3-6-16-9-13-20(14-10-16)24(22,23)21-19-12-11-17-7-4-5-8-18(17)15-19/h4-5,7-15,21H,2-3,6H2,1H3. The lowest BCUT2D eigenvalue weighted by atomic mass is 10.1. The Morgan fingerprint density at radius 3 is 2.29 bits per heavy atom. The zero-order valence-electron chi connectivity index (χ0n) is 13.7. The number of fused-ring (bicyclic) bond motifs is 1. The first kappa shape index (κ1) is 16.5. The van der Waals surface area contributed by atoms with Gasteiger partial charge in [-0.3, -0.25) is 4.72 Å². The molecule has 0 bridgehead atoms. The van der Waals surface area contributed by atoms with Gasteiger partial charge in [-0.1, -0.05) is 55.8 Å². The minimum atomic E-state index is -3.57. The lowest BCUT2D eigenvalue weighted by molar-refractivity contribution is 0.601. The van der Waals surface area contributed by atoms with Crippen LogP contribution in [0.4, 0.5) is 5.69 Å². The largest absolute Gasteiger partial charge is 0.280 e. The van der Waals surface area contributed by atoms with Crippen LogP contribution in [0.1, 0.15) is 25.3 Å². The Balaban J connectivity index is 1.81. The zero-order valence-corrected chi connectivity index (χ0v) is 14.5. The van der Waals surface area contributed by atoms with E-state index in [1.165, 1.54) is 5.56 Å². The van der Waals surface area contributed by atoms with Gasteiger partial charge in [0.1, 0.15) is 0 Å². The highest BCUT2D eigenvalue weighted by atomic mass is 32.2. The van der Waals surface area contributed by atoms with Crippen LogP contribution >= 0.6 is 0 Å². The number of hydrogen-bond acceptors (Lipinski definition) is 2. The second kappa shape index (κ2) is 7.05. The van der Waals surface area contributed by atoms with E-state index in [0.29, 0.717) is 5.69 Å². The molecule has 0 spiro atoms. The maximum absolute atomic E-state index is 12.6. The molecule has 3 nitrogen and oxygen atoms in total. The topological polar surface area (TPSA) is 46.2 Å². The first-order valence-electron chi connectivity index (χ1n) is 8.19. The molecular formula is C20H21NO2S. The van der Waals surface area contributed by atoms with Crippen LogP contribution in [0.2, 0.25) is 0 Å². The number of sulfonamides is 1. The summed E-state index contributed by atoms with van der Waals surface area (Å²) in [5.41, 5.74) is 1.74. The molecule has 0 saturated heterocycles. The molecule has 0 aromatic heterocycles. The van der Waals surface area contributed by atoms with E-state index in [-0.39, 0.29) is 4.90 Å². The van der Waals surface area contributed by atoms with Crippen molar-refractivity contribution in [2.45, 2.75) is 31.1 Å². The SMILES string of the molecule is CCCCc1ccc(S(=O)(=O)Nc2ccc3ccccc3c2)cc1. The van der Waals surface area contributed by atoms with Gasteiger partial charge in [0.25, 0.3) is 10.0 Å². The van der Waals surface area contributed by atoms with Gasteiger partial charge in [0, 0.05) is 5.69 Å². The predicted molar refractivity (Wildman–Crippen MR) is 99.8 cm³/mol. The first-order chi connectivity index (χ1) is 11.6.